The van der Waals surface area contributed by atoms with Crippen molar-refractivity contribution in [1.82, 2.24) is 0 Å². The highest BCUT2D eigenvalue weighted by atomic mass is 127. The maximum Gasteiger partial charge on any atom is 0.00526 e. The van der Waals surface area contributed by atoms with Gasteiger partial charge in [-0.15, -0.1) is 0 Å². The number of hydrogen-bond acceptors (Lipinski definition) is 1. The molecule has 2 heteroatoms. The van der Waals surface area contributed by atoms with Crippen molar-refractivity contribution in [3.63, 3.8) is 0 Å². The van der Waals surface area contributed by atoms with Crippen LogP contribution in [0.2, 0.25) is 0 Å². The number of rotatable bonds is 3. The molecule has 0 N–H and O–H groups in total. The molecule has 1 aliphatic heterocycles. The van der Waals surface area contributed by atoms with Crippen LogP contribution in [0.5, 0.6) is 0 Å². The molecule has 76 valence electrons. The Hall–Kier alpha value is 1.08. The molecule has 1 aliphatic carbocycles. The summed E-state index contributed by atoms with van der Waals surface area (Å²) in [6.45, 7) is 0. The molecule has 1 saturated heterocycles. The molecule has 0 radical (unpaired) electrons. The molecule has 13 heavy (non-hydrogen) atoms. The first kappa shape index (κ1) is 10.6. The van der Waals surface area contributed by atoms with Crippen LogP contribution in [0.3, 0.4) is 0 Å². The van der Waals surface area contributed by atoms with E-state index in [9.17, 15) is 0 Å². The Morgan fingerprint density at radius 1 is 1.23 bits per heavy atom. The second-order valence-electron chi connectivity index (χ2n) is 4.75. The number of halogens is 1. The number of thioether (sulfide) groups is 1. The van der Waals surface area contributed by atoms with Gasteiger partial charge in [-0.05, 0) is 42.1 Å². The van der Waals surface area contributed by atoms with Gasteiger partial charge in [-0.25, -0.2) is 0 Å². The summed E-state index contributed by atoms with van der Waals surface area (Å²) in [6, 6.07) is 0. The Balaban J connectivity index is 1.88. The van der Waals surface area contributed by atoms with E-state index in [4.69, 9.17) is 0 Å². The fourth-order valence-corrected chi connectivity index (χ4v) is 4.94. The second kappa shape index (κ2) is 4.73. The van der Waals surface area contributed by atoms with Crippen LogP contribution in [0.1, 0.15) is 38.5 Å². The van der Waals surface area contributed by atoms with Crippen molar-refractivity contribution in [2.24, 2.45) is 11.3 Å². The Bertz CT molecular complexity index is 159. The van der Waals surface area contributed by atoms with Crippen LogP contribution in [0.15, 0.2) is 0 Å². The lowest BCUT2D eigenvalue weighted by molar-refractivity contribution is 0.172. The number of hydrogen-bond donors (Lipinski definition) is 0. The lowest BCUT2D eigenvalue weighted by atomic mass is 9.70. The van der Waals surface area contributed by atoms with E-state index in [0.717, 1.165) is 11.3 Å². The van der Waals surface area contributed by atoms with Crippen LogP contribution >= 0.6 is 34.4 Å². The van der Waals surface area contributed by atoms with Crippen molar-refractivity contribution in [3.8, 4) is 0 Å². The second-order valence-corrected chi connectivity index (χ2v) is 6.73. The molecule has 0 unspecified atom stereocenters. The normalized spacial score (nSPS) is 28.4. The van der Waals surface area contributed by atoms with Gasteiger partial charge < -0.3 is 0 Å². The van der Waals surface area contributed by atoms with Crippen molar-refractivity contribution in [1.29, 1.82) is 0 Å². The largest absolute Gasteiger partial charge is 0.162 e. The summed E-state index contributed by atoms with van der Waals surface area (Å²) in [5.74, 6) is 3.96. The van der Waals surface area contributed by atoms with E-state index in [1.54, 1.807) is 6.42 Å². The average molecular weight is 310 g/mol. The van der Waals surface area contributed by atoms with Gasteiger partial charge in [0.25, 0.3) is 0 Å². The maximum atomic E-state index is 2.62. The molecule has 0 aromatic rings. The van der Waals surface area contributed by atoms with Crippen molar-refractivity contribution in [3.05, 3.63) is 0 Å². The summed E-state index contributed by atoms with van der Waals surface area (Å²) in [5.41, 5.74) is 0.761. The maximum absolute atomic E-state index is 2.62. The Kier molecular flexibility index (Phi) is 3.86. The van der Waals surface area contributed by atoms with Crippen LogP contribution in [0, 0.1) is 11.3 Å². The fourth-order valence-electron chi connectivity index (χ4n) is 2.51. The monoisotopic (exact) mass is 310 g/mol. The highest BCUT2D eigenvalue weighted by Gasteiger charge is 2.35. The first-order valence-corrected chi connectivity index (χ1v) is 8.16. The molecular weight excluding hydrogens is 291 g/mol. The minimum atomic E-state index is 0.761. The van der Waals surface area contributed by atoms with Gasteiger partial charge in [0, 0.05) is 4.43 Å². The van der Waals surface area contributed by atoms with Crippen molar-refractivity contribution in [2.75, 3.05) is 15.9 Å². The van der Waals surface area contributed by atoms with Gasteiger partial charge in [0.05, 0.1) is 0 Å². The van der Waals surface area contributed by atoms with Crippen LogP contribution in [0.25, 0.3) is 0 Å². The molecule has 0 amide bonds. The molecule has 2 aliphatic rings. The SMILES string of the molecule is ICC1(CC2CCC2)CCSCC1. The van der Waals surface area contributed by atoms with Gasteiger partial charge >= 0.3 is 0 Å². The standard InChI is InChI=1S/C11H19IS/c12-9-11(4-6-13-7-5-11)8-10-2-1-3-10/h10H,1-9H2. The number of alkyl halides is 1. The van der Waals surface area contributed by atoms with Crippen molar-refractivity contribution in [2.45, 2.75) is 38.5 Å². The fraction of sp³-hybridized carbons (Fsp3) is 1.00. The molecule has 0 bridgehead atoms. The van der Waals surface area contributed by atoms with E-state index in [1.807, 2.05) is 0 Å². The van der Waals surface area contributed by atoms with E-state index in [0.29, 0.717) is 0 Å². The van der Waals surface area contributed by atoms with Crippen molar-refractivity contribution >= 4 is 34.4 Å². The smallest absolute Gasteiger partial charge is 0.00526 e. The minimum Gasteiger partial charge on any atom is -0.162 e. The molecule has 0 nitrogen and oxygen atoms in total. The zero-order valence-electron chi connectivity index (χ0n) is 8.23. The highest BCUT2D eigenvalue weighted by Crippen LogP contribution is 2.46. The zero-order valence-corrected chi connectivity index (χ0v) is 11.2. The van der Waals surface area contributed by atoms with Crippen LogP contribution in [-0.4, -0.2) is 15.9 Å². The van der Waals surface area contributed by atoms with Crippen LogP contribution in [0.4, 0.5) is 0 Å². The molecular formula is C11H19IS. The molecule has 0 aromatic heterocycles. The topological polar surface area (TPSA) is 0 Å². The first-order valence-electron chi connectivity index (χ1n) is 5.48. The van der Waals surface area contributed by atoms with E-state index < -0.39 is 0 Å². The molecule has 0 spiro atoms. The van der Waals surface area contributed by atoms with Gasteiger partial charge in [0.1, 0.15) is 0 Å². The molecule has 2 fully saturated rings. The molecule has 0 atom stereocenters. The predicted octanol–water partition coefficient (Wildman–Crippen LogP) is 4.13. The minimum absolute atomic E-state index is 0.761. The Morgan fingerprint density at radius 3 is 2.38 bits per heavy atom. The quantitative estimate of drug-likeness (QED) is 0.558. The van der Waals surface area contributed by atoms with Crippen LogP contribution < -0.4 is 0 Å². The highest BCUT2D eigenvalue weighted by molar-refractivity contribution is 14.1. The molecule has 0 aromatic carbocycles. The first-order chi connectivity index (χ1) is 6.35. The third-order valence-corrected chi connectivity index (χ3v) is 6.39. The molecule has 2 rings (SSSR count). The predicted molar refractivity (Wildman–Crippen MR) is 69.8 cm³/mol. The summed E-state index contributed by atoms with van der Waals surface area (Å²) in [5, 5.41) is 0. The van der Waals surface area contributed by atoms with Gasteiger partial charge in [-0.3, -0.25) is 0 Å². The van der Waals surface area contributed by atoms with E-state index >= 15 is 0 Å². The Labute approximate surface area is 99.8 Å². The third kappa shape index (κ3) is 2.55. The van der Waals surface area contributed by atoms with Gasteiger partial charge in [-0.1, -0.05) is 41.9 Å². The summed E-state index contributed by atoms with van der Waals surface area (Å²) in [7, 11) is 0. The molecule has 1 heterocycles. The lowest BCUT2D eigenvalue weighted by Crippen LogP contribution is -2.32. The van der Waals surface area contributed by atoms with Gasteiger partial charge in [-0.2, -0.15) is 11.8 Å². The summed E-state index contributed by atoms with van der Waals surface area (Å²) < 4.78 is 1.40. The Morgan fingerprint density at radius 2 is 1.92 bits per heavy atom. The van der Waals surface area contributed by atoms with Crippen LogP contribution in [-0.2, 0) is 0 Å². The van der Waals surface area contributed by atoms with E-state index in [1.165, 1.54) is 48.0 Å². The average Bonchev–Trinajstić information content (AvgIpc) is 2.13. The summed E-state index contributed by atoms with van der Waals surface area (Å²) in [4.78, 5) is 0. The molecule has 1 saturated carbocycles. The van der Waals surface area contributed by atoms with Crippen molar-refractivity contribution < 1.29 is 0 Å². The van der Waals surface area contributed by atoms with Gasteiger partial charge in [0.15, 0.2) is 0 Å². The summed E-state index contributed by atoms with van der Waals surface area (Å²) >= 11 is 4.79. The summed E-state index contributed by atoms with van der Waals surface area (Å²) in [6.07, 6.45) is 9.12. The lowest BCUT2D eigenvalue weighted by Gasteiger charge is -2.41. The van der Waals surface area contributed by atoms with E-state index in [-0.39, 0.29) is 0 Å². The van der Waals surface area contributed by atoms with Gasteiger partial charge in [0.2, 0.25) is 0 Å². The van der Waals surface area contributed by atoms with E-state index in [2.05, 4.69) is 34.4 Å². The zero-order chi connectivity index (χ0) is 9.15. The third-order valence-electron chi connectivity index (χ3n) is 3.78.